The number of carbonyl (C=O) groups is 2. The van der Waals surface area contributed by atoms with Crippen molar-refractivity contribution in [3.8, 4) is 11.4 Å². The van der Waals surface area contributed by atoms with Gasteiger partial charge >= 0.3 is 0 Å². The molecule has 1 aliphatic heterocycles. The third kappa shape index (κ3) is 4.46. The average molecular weight is 465 g/mol. The number of fused-ring (bicyclic) bond motifs is 1. The highest BCUT2D eigenvalue weighted by molar-refractivity contribution is 6.30. The van der Waals surface area contributed by atoms with Crippen molar-refractivity contribution in [1.29, 1.82) is 0 Å². The molecule has 0 saturated carbocycles. The Morgan fingerprint density at radius 3 is 2.33 bits per heavy atom. The molecule has 1 fully saturated rings. The number of rotatable bonds is 5. The van der Waals surface area contributed by atoms with Crippen LogP contribution in [0.25, 0.3) is 5.69 Å². The second kappa shape index (κ2) is 9.27. The molecule has 0 atom stereocenters. The molecule has 2 heterocycles. The van der Waals surface area contributed by atoms with E-state index in [4.69, 9.17) is 21.4 Å². The summed E-state index contributed by atoms with van der Waals surface area (Å²) < 4.78 is 7.49. The van der Waals surface area contributed by atoms with Crippen molar-refractivity contribution >= 4 is 23.4 Å². The van der Waals surface area contributed by atoms with Crippen LogP contribution in [0, 0.1) is 0 Å². The Morgan fingerprint density at radius 1 is 0.909 bits per heavy atom. The monoisotopic (exact) mass is 464 g/mol. The van der Waals surface area contributed by atoms with Crippen LogP contribution in [-0.2, 0) is 17.6 Å². The standard InChI is InChI=1S/C25H25ClN4O3/c26-18-9-11-20(12-10-18)33-17-23(31)28-13-15-29(16-14-28)25(32)24-21-7-4-8-22(21)30(27-24)19-5-2-1-3-6-19/h1-3,5-6,9-12H,4,7-8,13-17H2. The van der Waals surface area contributed by atoms with Crippen LogP contribution in [-0.4, -0.2) is 64.2 Å². The van der Waals surface area contributed by atoms with Gasteiger partial charge in [-0.15, -0.1) is 0 Å². The number of nitrogens with zero attached hydrogens (tertiary/aromatic N) is 4. The summed E-state index contributed by atoms with van der Waals surface area (Å²) in [5.41, 5.74) is 3.74. The summed E-state index contributed by atoms with van der Waals surface area (Å²) in [5, 5.41) is 5.34. The van der Waals surface area contributed by atoms with Crippen molar-refractivity contribution in [2.45, 2.75) is 19.3 Å². The van der Waals surface area contributed by atoms with Crippen molar-refractivity contribution in [2.75, 3.05) is 32.8 Å². The molecule has 5 rings (SSSR count). The van der Waals surface area contributed by atoms with Crippen molar-refractivity contribution in [2.24, 2.45) is 0 Å². The first-order chi connectivity index (χ1) is 16.1. The molecule has 1 aliphatic carbocycles. The first-order valence-corrected chi connectivity index (χ1v) is 11.6. The number of carbonyl (C=O) groups excluding carboxylic acids is 2. The zero-order valence-electron chi connectivity index (χ0n) is 18.2. The highest BCUT2D eigenvalue weighted by Crippen LogP contribution is 2.28. The number of piperazine rings is 1. The number of aromatic nitrogens is 2. The van der Waals surface area contributed by atoms with E-state index in [1.54, 1.807) is 34.1 Å². The van der Waals surface area contributed by atoms with Crippen LogP contribution in [0.15, 0.2) is 54.6 Å². The van der Waals surface area contributed by atoms with Crippen molar-refractivity contribution < 1.29 is 14.3 Å². The van der Waals surface area contributed by atoms with Crippen LogP contribution in [0.5, 0.6) is 5.75 Å². The van der Waals surface area contributed by atoms with Crippen LogP contribution < -0.4 is 4.74 Å². The summed E-state index contributed by atoms with van der Waals surface area (Å²) in [4.78, 5) is 29.4. The second-order valence-corrected chi connectivity index (χ2v) is 8.73. The third-order valence-corrected chi connectivity index (χ3v) is 6.48. The molecule has 0 spiro atoms. The number of halogens is 1. The predicted octanol–water partition coefficient (Wildman–Crippen LogP) is 3.38. The van der Waals surface area contributed by atoms with E-state index < -0.39 is 0 Å². The molecule has 170 valence electrons. The maximum atomic E-state index is 13.3. The maximum Gasteiger partial charge on any atom is 0.274 e. The van der Waals surface area contributed by atoms with Gasteiger partial charge in [0.2, 0.25) is 0 Å². The second-order valence-electron chi connectivity index (χ2n) is 8.29. The fraction of sp³-hybridized carbons (Fsp3) is 0.320. The Balaban J connectivity index is 1.21. The van der Waals surface area contributed by atoms with Crippen LogP contribution in [0.1, 0.15) is 28.2 Å². The normalized spacial score (nSPS) is 15.4. The maximum absolute atomic E-state index is 13.3. The molecule has 1 saturated heterocycles. The van der Waals surface area contributed by atoms with Crippen LogP contribution in [0.4, 0.5) is 0 Å². The lowest BCUT2D eigenvalue weighted by atomic mass is 10.1. The minimum atomic E-state index is -0.0914. The van der Waals surface area contributed by atoms with Gasteiger partial charge in [0.25, 0.3) is 11.8 Å². The fourth-order valence-electron chi connectivity index (χ4n) is 4.47. The summed E-state index contributed by atoms with van der Waals surface area (Å²) in [7, 11) is 0. The fourth-order valence-corrected chi connectivity index (χ4v) is 4.59. The highest BCUT2D eigenvalue weighted by atomic mass is 35.5. The van der Waals surface area contributed by atoms with Crippen LogP contribution in [0.3, 0.4) is 0 Å². The lowest BCUT2D eigenvalue weighted by Crippen LogP contribution is -2.51. The molecule has 8 heteroatoms. The van der Waals surface area contributed by atoms with E-state index in [0.717, 1.165) is 36.2 Å². The van der Waals surface area contributed by atoms with Gasteiger partial charge in [0.05, 0.1) is 5.69 Å². The molecule has 1 aromatic heterocycles. The van der Waals surface area contributed by atoms with Gasteiger partial charge in [-0.05, 0) is 55.7 Å². The predicted molar refractivity (Wildman–Crippen MR) is 125 cm³/mol. The summed E-state index contributed by atoms with van der Waals surface area (Å²) in [6.45, 7) is 1.90. The molecule has 0 bridgehead atoms. The number of ether oxygens (including phenoxy) is 1. The van der Waals surface area contributed by atoms with Gasteiger partial charge < -0.3 is 14.5 Å². The number of hydrogen-bond donors (Lipinski definition) is 0. The molecule has 2 aromatic carbocycles. The van der Waals surface area contributed by atoms with Gasteiger partial charge in [0.1, 0.15) is 5.75 Å². The smallest absolute Gasteiger partial charge is 0.274 e. The van der Waals surface area contributed by atoms with E-state index in [1.807, 2.05) is 35.0 Å². The molecule has 2 aliphatic rings. The van der Waals surface area contributed by atoms with Gasteiger partial charge in [0, 0.05) is 42.5 Å². The lowest BCUT2D eigenvalue weighted by Gasteiger charge is -2.34. The minimum Gasteiger partial charge on any atom is -0.484 e. The topological polar surface area (TPSA) is 67.7 Å². The molecule has 0 radical (unpaired) electrons. The van der Waals surface area contributed by atoms with E-state index in [0.29, 0.717) is 42.6 Å². The quantitative estimate of drug-likeness (QED) is 0.580. The molecular weight excluding hydrogens is 440 g/mol. The zero-order chi connectivity index (χ0) is 22.8. The molecular formula is C25H25ClN4O3. The molecule has 0 N–H and O–H groups in total. The lowest BCUT2D eigenvalue weighted by molar-refractivity contribution is -0.134. The number of benzene rings is 2. The Bertz CT molecular complexity index is 1150. The van der Waals surface area contributed by atoms with E-state index in [2.05, 4.69) is 0 Å². The van der Waals surface area contributed by atoms with Gasteiger partial charge in [-0.1, -0.05) is 29.8 Å². The first kappa shape index (κ1) is 21.5. The Labute approximate surface area is 197 Å². The van der Waals surface area contributed by atoms with Crippen LogP contribution >= 0.6 is 11.6 Å². The van der Waals surface area contributed by atoms with E-state index in [1.165, 1.54) is 0 Å². The Hall–Kier alpha value is -3.32. The highest BCUT2D eigenvalue weighted by Gasteiger charge is 2.31. The summed E-state index contributed by atoms with van der Waals surface area (Å²) in [6, 6.07) is 16.9. The molecule has 7 nitrogen and oxygen atoms in total. The Morgan fingerprint density at radius 2 is 1.61 bits per heavy atom. The average Bonchev–Trinajstić information content (AvgIpc) is 3.47. The van der Waals surface area contributed by atoms with E-state index in [9.17, 15) is 9.59 Å². The van der Waals surface area contributed by atoms with Gasteiger partial charge in [-0.25, -0.2) is 4.68 Å². The first-order valence-electron chi connectivity index (χ1n) is 11.2. The minimum absolute atomic E-state index is 0.0371. The van der Waals surface area contributed by atoms with Gasteiger partial charge in [0.15, 0.2) is 12.3 Å². The largest absolute Gasteiger partial charge is 0.484 e. The summed E-state index contributed by atoms with van der Waals surface area (Å²) in [5.74, 6) is 0.461. The van der Waals surface area contributed by atoms with Crippen molar-refractivity contribution in [1.82, 2.24) is 19.6 Å². The number of amides is 2. The number of hydrogen-bond acceptors (Lipinski definition) is 4. The molecule has 2 amide bonds. The Kier molecular flexibility index (Phi) is 6.05. The van der Waals surface area contributed by atoms with Crippen molar-refractivity contribution in [3.63, 3.8) is 0 Å². The van der Waals surface area contributed by atoms with Crippen LogP contribution in [0.2, 0.25) is 5.02 Å². The van der Waals surface area contributed by atoms with E-state index in [-0.39, 0.29) is 18.4 Å². The zero-order valence-corrected chi connectivity index (χ0v) is 19.0. The number of para-hydroxylation sites is 1. The van der Waals surface area contributed by atoms with E-state index >= 15 is 0 Å². The van der Waals surface area contributed by atoms with Crippen molar-refractivity contribution in [3.05, 3.63) is 76.6 Å². The summed E-state index contributed by atoms with van der Waals surface area (Å²) >= 11 is 5.87. The SMILES string of the molecule is O=C(COc1ccc(Cl)cc1)N1CCN(C(=O)c2nn(-c3ccccc3)c3c2CCC3)CC1. The molecule has 0 unspecified atom stereocenters. The third-order valence-electron chi connectivity index (χ3n) is 6.23. The molecule has 3 aromatic rings. The summed E-state index contributed by atoms with van der Waals surface area (Å²) in [6.07, 6.45) is 2.85. The van der Waals surface area contributed by atoms with Gasteiger partial charge in [-0.2, -0.15) is 5.10 Å². The van der Waals surface area contributed by atoms with Gasteiger partial charge in [-0.3, -0.25) is 9.59 Å². The molecule has 33 heavy (non-hydrogen) atoms.